The third-order valence-electron chi connectivity index (χ3n) is 4.97. The Balaban J connectivity index is 1.58. The minimum atomic E-state index is -1.25. The van der Waals surface area contributed by atoms with Gasteiger partial charge in [0.05, 0.1) is 6.61 Å². The van der Waals surface area contributed by atoms with Gasteiger partial charge in [-0.25, -0.2) is 9.18 Å². The van der Waals surface area contributed by atoms with Gasteiger partial charge >= 0.3 is 6.03 Å². The van der Waals surface area contributed by atoms with Gasteiger partial charge in [0.1, 0.15) is 23.7 Å². The average molecular weight is 413 g/mol. The maximum atomic E-state index is 12.9. The number of nitrogens with zero attached hydrogens (tertiary/aromatic N) is 1. The van der Waals surface area contributed by atoms with Crippen molar-refractivity contribution < 1.29 is 23.5 Å². The van der Waals surface area contributed by atoms with E-state index in [1.807, 2.05) is 6.92 Å². The Morgan fingerprint density at radius 1 is 1.13 bits per heavy atom. The van der Waals surface area contributed by atoms with Gasteiger partial charge in [-0.2, -0.15) is 0 Å². The quantitative estimate of drug-likeness (QED) is 0.651. The molecule has 3 rings (SSSR count). The summed E-state index contributed by atoms with van der Waals surface area (Å²) >= 11 is 0. The molecule has 1 atom stereocenters. The first-order valence-corrected chi connectivity index (χ1v) is 9.72. The number of ether oxygens (including phenoxy) is 1. The van der Waals surface area contributed by atoms with E-state index in [9.17, 15) is 18.8 Å². The van der Waals surface area contributed by atoms with Crippen LogP contribution in [-0.4, -0.2) is 42.4 Å². The van der Waals surface area contributed by atoms with Crippen molar-refractivity contribution in [2.75, 3.05) is 19.7 Å². The molecule has 30 heavy (non-hydrogen) atoms. The molecular weight excluding hydrogens is 389 g/mol. The highest BCUT2D eigenvalue weighted by Crippen LogP contribution is 2.29. The van der Waals surface area contributed by atoms with Crippen molar-refractivity contribution >= 4 is 17.8 Å². The number of hydrogen-bond donors (Lipinski definition) is 2. The van der Waals surface area contributed by atoms with Gasteiger partial charge in [0.15, 0.2) is 0 Å². The summed E-state index contributed by atoms with van der Waals surface area (Å²) in [5.41, 5.74) is 0.217. The van der Waals surface area contributed by atoms with E-state index in [4.69, 9.17) is 4.74 Å². The highest BCUT2D eigenvalue weighted by molar-refractivity contribution is 6.09. The molecule has 1 saturated heterocycles. The molecule has 158 valence electrons. The van der Waals surface area contributed by atoms with Gasteiger partial charge in [-0.05, 0) is 55.7 Å². The zero-order valence-corrected chi connectivity index (χ0v) is 16.9. The van der Waals surface area contributed by atoms with Crippen LogP contribution in [-0.2, 0) is 21.5 Å². The Morgan fingerprint density at radius 3 is 2.43 bits per heavy atom. The third-order valence-corrected chi connectivity index (χ3v) is 4.97. The van der Waals surface area contributed by atoms with E-state index in [-0.39, 0.29) is 12.4 Å². The largest absolute Gasteiger partial charge is 0.494 e. The molecule has 1 aliphatic heterocycles. The fourth-order valence-corrected chi connectivity index (χ4v) is 3.28. The summed E-state index contributed by atoms with van der Waals surface area (Å²) in [5, 5.41) is 5.35. The number of imide groups is 1. The van der Waals surface area contributed by atoms with E-state index in [1.54, 1.807) is 43.3 Å². The molecule has 2 aromatic rings. The fourth-order valence-electron chi connectivity index (χ4n) is 3.28. The second-order valence-electron chi connectivity index (χ2n) is 7.13. The lowest BCUT2D eigenvalue weighted by atomic mass is 9.92. The number of urea groups is 1. The number of rotatable bonds is 8. The van der Waals surface area contributed by atoms with Crippen LogP contribution in [0.25, 0.3) is 0 Å². The second kappa shape index (κ2) is 8.94. The molecule has 0 unspecified atom stereocenters. The predicted molar refractivity (Wildman–Crippen MR) is 108 cm³/mol. The van der Waals surface area contributed by atoms with Crippen LogP contribution < -0.4 is 15.4 Å². The molecule has 1 heterocycles. The van der Waals surface area contributed by atoms with Crippen LogP contribution in [0.4, 0.5) is 9.18 Å². The molecule has 0 spiro atoms. The summed E-state index contributed by atoms with van der Waals surface area (Å²) in [6.45, 7) is 3.94. The normalized spacial score (nSPS) is 18.3. The Morgan fingerprint density at radius 2 is 1.80 bits per heavy atom. The van der Waals surface area contributed by atoms with Crippen molar-refractivity contribution in [3.63, 3.8) is 0 Å². The number of benzene rings is 2. The zero-order valence-electron chi connectivity index (χ0n) is 16.9. The molecule has 8 heteroatoms. The van der Waals surface area contributed by atoms with Crippen LogP contribution in [0.1, 0.15) is 25.0 Å². The number of hydrogen-bond acceptors (Lipinski definition) is 4. The first-order chi connectivity index (χ1) is 14.3. The summed E-state index contributed by atoms with van der Waals surface area (Å²) in [6, 6.07) is 12.3. The van der Waals surface area contributed by atoms with E-state index in [2.05, 4.69) is 10.6 Å². The van der Waals surface area contributed by atoms with Crippen molar-refractivity contribution in [3.05, 3.63) is 65.5 Å². The van der Waals surface area contributed by atoms with Crippen molar-refractivity contribution in [2.24, 2.45) is 0 Å². The van der Waals surface area contributed by atoms with Gasteiger partial charge in [0.2, 0.25) is 5.91 Å². The van der Waals surface area contributed by atoms with Crippen molar-refractivity contribution in [3.8, 4) is 5.75 Å². The third kappa shape index (κ3) is 4.59. The van der Waals surface area contributed by atoms with Crippen molar-refractivity contribution in [1.29, 1.82) is 0 Å². The summed E-state index contributed by atoms with van der Waals surface area (Å²) in [7, 11) is 0. The number of carbonyl (C=O) groups excluding carboxylic acids is 3. The monoisotopic (exact) mass is 413 g/mol. The topological polar surface area (TPSA) is 87.7 Å². The Hall–Kier alpha value is -3.42. The average Bonchev–Trinajstić information content (AvgIpc) is 2.94. The molecule has 4 amide bonds. The molecule has 2 aromatic carbocycles. The van der Waals surface area contributed by atoms with Crippen molar-refractivity contribution in [2.45, 2.75) is 25.8 Å². The van der Waals surface area contributed by atoms with E-state index >= 15 is 0 Å². The lowest BCUT2D eigenvalue weighted by Crippen LogP contribution is -2.43. The van der Waals surface area contributed by atoms with Gasteiger partial charge in [0.25, 0.3) is 5.91 Å². The van der Waals surface area contributed by atoms with Crippen LogP contribution >= 0.6 is 0 Å². The smallest absolute Gasteiger partial charge is 0.325 e. The lowest BCUT2D eigenvalue weighted by Gasteiger charge is -2.22. The minimum absolute atomic E-state index is 0.310. The highest BCUT2D eigenvalue weighted by atomic mass is 19.1. The maximum absolute atomic E-state index is 12.9. The van der Waals surface area contributed by atoms with Crippen LogP contribution in [0.5, 0.6) is 5.75 Å². The lowest BCUT2D eigenvalue weighted by molar-refractivity contribution is -0.134. The van der Waals surface area contributed by atoms with Gasteiger partial charge < -0.3 is 15.4 Å². The SMILES string of the molecule is CCOc1ccc([C@@]2(C)NC(=O)N(CC(=O)NCCc3ccc(F)cc3)C2=O)cc1. The molecule has 0 saturated carbocycles. The van der Waals surface area contributed by atoms with Crippen LogP contribution in [0.2, 0.25) is 0 Å². The molecule has 0 aromatic heterocycles. The molecule has 7 nitrogen and oxygen atoms in total. The summed E-state index contributed by atoms with van der Waals surface area (Å²) in [5.74, 6) is -0.599. The predicted octanol–water partition coefficient (Wildman–Crippen LogP) is 2.35. The Bertz CT molecular complexity index is 930. The molecular formula is C22H24FN3O4. The number of amides is 4. The fraction of sp³-hybridized carbons (Fsp3) is 0.318. The number of carbonyl (C=O) groups is 3. The summed E-state index contributed by atoms with van der Waals surface area (Å²) in [4.78, 5) is 38.4. The van der Waals surface area contributed by atoms with E-state index in [0.717, 1.165) is 10.5 Å². The zero-order chi connectivity index (χ0) is 21.7. The van der Waals surface area contributed by atoms with Gasteiger partial charge in [0, 0.05) is 6.54 Å². The standard InChI is InChI=1S/C22H24FN3O4/c1-3-30-18-10-6-16(7-11-18)22(2)20(28)26(21(29)25-22)14-19(27)24-13-12-15-4-8-17(23)9-5-15/h4-11H,3,12-14H2,1-2H3,(H,24,27)(H,25,29)/t22-/m1/s1. The minimum Gasteiger partial charge on any atom is -0.494 e. The molecule has 1 aliphatic rings. The van der Waals surface area contributed by atoms with Gasteiger partial charge in [-0.3, -0.25) is 14.5 Å². The molecule has 0 radical (unpaired) electrons. The van der Waals surface area contributed by atoms with E-state index in [0.29, 0.717) is 30.9 Å². The summed E-state index contributed by atoms with van der Waals surface area (Å²) in [6.07, 6.45) is 0.510. The molecule has 2 N–H and O–H groups in total. The van der Waals surface area contributed by atoms with Crippen LogP contribution in [0, 0.1) is 5.82 Å². The van der Waals surface area contributed by atoms with Crippen LogP contribution in [0.15, 0.2) is 48.5 Å². The van der Waals surface area contributed by atoms with E-state index < -0.39 is 23.4 Å². The van der Waals surface area contributed by atoms with Gasteiger partial charge in [-0.1, -0.05) is 24.3 Å². The first kappa shape index (κ1) is 21.3. The van der Waals surface area contributed by atoms with Crippen molar-refractivity contribution in [1.82, 2.24) is 15.5 Å². The van der Waals surface area contributed by atoms with Gasteiger partial charge in [-0.15, -0.1) is 0 Å². The molecule has 0 aliphatic carbocycles. The summed E-state index contributed by atoms with van der Waals surface area (Å²) < 4.78 is 18.3. The van der Waals surface area contributed by atoms with E-state index in [1.165, 1.54) is 12.1 Å². The second-order valence-corrected chi connectivity index (χ2v) is 7.13. The highest BCUT2D eigenvalue weighted by Gasteiger charge is 2.49. The number of nitrogens with one attached hydrogen (secondary N) is 2. The molecule has 0 bridgehead atoms. The molecule has 1 fully saturated rings. The Kier molecular flexibility index (Phi) is 6.34. The maximum Gasteiger partial charge on any atom is 0.325 e. The Labute approximate surface area is 174 Å². The van der Waals surface area contributed by atoms with Crippen LogP contribution in [0.3, 0.4) is 0 Å². The first-order valence-electron chi connectivity index (χ1n) is 9.72. The number of halogens is 1.